The van der Waals surface area contributed by atoms with Gasteiger partial charge in [-0.1, -0.05) is 41.9 Å². The lowest BCUT2D eigenvalue weighted by Crippen LogP contribution is -2.35. The summed E-state index contributed by atoms with van der Waals surface area (Å²) < 4.78 is 0. The summed E-state index contributed by atoms with van der Waals surface area (Å²) >= 11 is 6.06. The first-order valence-electron chi connectivity index (χ1n) is 6.57. The van der Waals surface area contributed by atoms with Crippen LogP contribution in [-0.2, 0) is 12.8 Å². The number of amides is 1. The molecular formula is C16H15ClN2O. The molecule has 1 aliphatic rings. The maximum atomic E-state index is 12.3. The summed E-state index contributed by atoms with van der Waals surface area (Å²) in [6.07, 6.45) is 1.71. The number of carbonyl (C=O) groups excluding carboxylic acids is 1. The van der Waals surface area contributed by atoms with E-state index in [-0.39, 0.29) is 11.9 Å². The van der Waals surface area contributed by atoms with Gasteiger partial charge in [0, 0.05) is 11.7 Å². The number of carbonyl (C=O) groups is 1. The van der Waals surface area contributed by atoms with Crippen LogP contribution in [-0.4, -0.2) is 11.9 Å². The van der Waals surface area contributed by atoms with E-state index >= 15 is 0 Å². The number of anilines is 1. The highest BCUT2D eigenvalue weighted by Gasteiger charge is 2.24. The highest BCUT2D eigenvalue weighted by molar-refractivity contribution is 6.34. The van der Waals surface area contributed by atoms with E-state index in [2.05, 4.69) is 17.4 Å². The predicted molar refractivity (Wildman–Crippen MR) is 81.0 cm³/mol. The Balaban J connectivity index is 1.76. The molecule has 0 spiro atoms. The van der Waals surface area contributed by atoms with Gasteiger partial charge in [-0.25, -0.2) is 0 Å². The number of fused-ring (bicyclic) bond motifs is 1. The number of halogens is 1. The monoisotopic (exact) mass is 286 g/mol. The minimum Gasteiger partial charge on any atom is -0.398 e. The zero-order valence-electron chi connectivity index (χ0n) is 10.9. The Morgan fingerprint density at radius 1 is 1.10 bits per heavy atom. The van der Waals surface area contributed by atoms with Crippen LogP contribution >= 0.6 is 11.6 Å². The van der Waals surface area contributed by atoms with Gasteiger partial charge < -0.3 is 11.1 Å². The van der Waals surface area contributed by atoms with Crippen molar-refractivity contribution in [3.8, 4) is 0 Å². The second-order valence-electron chi connectivity index (χ2n) is 5.05. The third-order valence-electron chi connectivity index (χ3n) is 3.66. The summed E-state index contributed by atoms with van der Waals surface area (Å²) in [4.78, 5) is 12.3. The summed E-state index contributed by atoms with van der Waals surface area (Å²) in [6, 6.07) is 13.5. The van der Waals surface area contributed by atoms with Crippen LogP contribution in [0.15, 0.2) is 42.5 Å². The standard InChI is InChI=1S/C16H15ClN2O/c17-13-6-3-7-14(18)15(13)16(20)19-12-8-10-4-1-2-5-11(10)9-12/h1-7,12H,8-9,18H2,(H,19,20). The van der Waals surface area contributed by atoms with Crippen LogP contribution in [0.1, 0.15) is 21.5 Å². The molecule has 2 aromatic rings. The molecule has 0 radical (unpaired) electrons. The molecule has 102 valence electrons. The number of hydrogen-bond acceptors (Lipinski definition) is 2. The fourth-order valence-electron chi connectivity index (χ4n) is 2.70. The Morgan fingerprint density at radius 2 is 1.75 bits per heavy atom. The second kappa shape index (κ2) is 5.17. The number of nitrogens with two attached hydrogens (primary N) is 1. The minimum atomic E-state index is -0.203. The predicted octanol–water partition coefficient (Wildman–Crippen LogP) is 2.82. The molecule has 4 heteroatoms. The lowest BCUT2D eigenvalue weighted by molar-refractivity contribution is 0.0939. The van der Waals surface area contributed by atoms with Crippen LogP contribution in [0, 0.1) is 0 Å². The van der Waals surface area contributed by atoms with Gasteiger partial charge in [0.25, 0.3) is 5.91 Å². The van der Waals surface area contributed by atoms with Gasteiger partial charge in [0.2, 0.25) is 0 Å². The Kier molecular flexibility index (Phi) is 3.36. The third kappa shape index (κ3) is 2.37. The SMILES string of the molecule is Nc1cccc(Cl)c1C(=O)NC1Cc2ccccc2C1. The van der Waals surface area contributed by atoms with E-state index in [1.807, 2.05) is 12.1 Å². The molecule has 0 aliphatic heterocycles. The first-order valence-corrected chi connectivity index (χ1v) is 6.94. The van der Waals surface area contributed by atoms with Crippen LogP contribution in [0.4, 0.5) is 5.69 Å². The van der Waals surface area contributed by atoms with Crippen LogP contribution in [0.5, 0.6) is 0 Å². The van der Waals surface area contributed by atoms with E-state index in [1.54, 1.807) is 18.2 Å². The van der Waals surface area contributed by atoms with Gasteiger partial charge in [-0.15, -0.1) is 0 Å². The molecule has 0 bridgehead atoms. The third-order valence-corrected chi connectivity index (χ3v) is 3.97. The average molecular weight is 287 g/mol. The van der Waals surface area contributed by atoms with Gasteiger partial charge in [0.15, 0.2) is 0 Å². The molecular weight excluding hydrogens is 272 g/mol. The summed E-state index contributed by atoms with van der Waals surface area (Å²) in [5, 5.41) is 3.41. The van der Waals surface area contributed by atoms with Crippen molar-refractivity contribution >= 4 is 23.2 Å². The van der Waals surface area contributed by atoms with Crippen molar-refractivity contribution < 1.29 is 4.79 Å². The van der Waals surface area contributed by atoms with E-state index in [1.165, 1.54) is 11.1 Å². The highest BCUT2D eigenvalue weighted by atomic mass is 35.5. The number of benzene rings is 2. The van der Waals surface area contributed by atoms with E-state index < -0.39 is 0 Å². The van der Waals surface area contributed by atoms with Gasteiger partial charge in [-0.05, 0) is 36.1 Å². The summed E-state index contributed by atoms with van der Waals surface area (Å²) in [5.74, 6) is -0.203. The summed E-state index contributed by atoms with van der Waals surface area (Å²) in [7, 11) is 0. The lowest BCUT2D eigenvalue weighted by Gasteiger charge is -2.14. The number of hydrogen-bond donors (Lipinski definition) is 2. The fourth-order valence-corrected chi connectivity index (χ4v) is 2.97. The molecule has 3 nitrogen and oxygen atoms in total. The van der Waals surface area contributed by atoms with Crippen molar-refractivity contribution in [1.82, 2.24) is 5.32 Å². The van der Waals surface area contributed by atoms with Gasteiger partial charge >= 0.3 is 0 Å². The second-order valence-corrected chi connectivity index (χ2v) is 5.46. The lowest BCUT2D eigenvalue weighted by atomic mass is 10.1. The molecule has 1 amide bonds. The summed E-state index contributed by atoms with van der Waals surface area (Å²) in [6.45, 7) is 0. The maximum Gasteiger partial charge on any atom is 0.255 e. The van der Waals surface area contributed by atoms with Crippen molar-refractivity contribution in [2.45, 2.75) is 18.9 Å². The van der Waals surface area contributed by atoms with Crippen LogP contribution in [0.25, 0.3) is 0 Å². The average Bonchev–Trinajstić information content (AvgIpc) is 2.80. The molecule has 0 aromatic heterocycles. The Labute approximate surface area is 122 Å². The van der Waals surface area contributed by atoms with Crippen molar-refractivity contribution in [3.05, 3.63) is 64.2 Å². The molecule has 0 saturated heterocycles. The van der Waals surface area contributed by atoms with Crippen LogP contribution in [0.2, 0.25) is 5.02 Å². The van der Waals surface area contributed by atoms with Crippen molar-refractivity contribution in [3.63, 3.8) is 0 Å². The van der Waals surface area contributed by atoms with Crippen LogP contribution in [0.3, 0.4) is 0 Å². The topological polar surface area (TPSA) is 55.1 Å². The zero-order chi connectivity index (χ0) is 14.1. The van der Waals surface area contributed by atoms with Crippen molar-refractivity contribution in [2.24, 2.45) is 0 Å². The largest absolute Gasteiger partial charge is 0.398 e. The maximum absolute atomic E-state index is 12.3. The van der Waals surface area contributed by atoms with Gasteiger partial charge in [0.05, 0.1) is 10.6 Å². The van der Waals surface area contributed by atoms with Gasteiger partial charge in [-0.2, -0.15) is 0 Å². The molecule has 3 N–H and O–H groups in total. The molecule has 2 aromatic carbocycles. The van der Waals surface area contributed by atoms with E-state index in [9.17, 15) is 4.79 Å². The quantitative estimate of drug-likeness (QED) is 0.834. The summed E-state index contributed by atoms with van der Waals surface area (Å²) in [5.41, 5.74) is 9.20. The van der Waals surface area contributed by atoms with Gasteiger partial charge in [-0.3, -0.25) is 4.79 Å². The van der Waals surface area contributed by atoms with E-state index in [0.717, 1.165) is 12.8 Å². The molecule has 0 atom stereocenters. The molecule has 0 heterocycles. The van der Waals surface area contributed by atoms with Crippen LogP contribution < -0.4 is 11.1 Å². The molecule has 3 rings (SSSR count). The first kappa shape index (κ1) is 13.0. The molecule has 1 aliphatic carbocycles. The Bertz CT molecular complexity index is 624. The van der Waals surface area contributed by atoms with Gasteiger partial charge in [0.1, 0.15) is 0 Å². The first-order chi connectivity index (χ1) is 9.65. The fraction of sp³-hybridized carbons (Fsp3) is 0.188. The minimum absolute atomic E-state index is 0.107. The number of nitrogens with one attached hydrogen (secondary N) is 1. The van der Waals surface area contributed by atoms with E-state index in [0.29, 0.717) is 16.3 Å². The van der Waals surface area contributed by atoms with E-state index in [4.69, 9.17) is 17.3 Å². The number of rotatable bonds is 2. The Morgan fingerprint density at radius 3 is 2.35 bits per heavy atom. The smallest absolute Gasteiger partial charge is 0.255 e. The normalized spacial score (nSPS) is 14.1. The molecule has 0 saturated carbocycles. The van der Waals surface area contributed by atoms with Crippen molar-refractivity contribution in [2.75, 3.05) is 5.73 Å². The molecule has 0 fully saturated rings. The molecule has 0 unspecified atom stereocenters. The molecule has 20 heavy (non-hydrogen) atoms. The van der Waals surface area contributed by atoms with Crippen molar-refractivity contribution in [1.29, 1.82) is 0 Å². The number of nitrogen functional groups attached to an aromatic ring is 1. The highest BCUT2D eigenvalue weighted by Crippen LogP contribution is 2.24. The Hall–Kier alpha value is -2.00. The zero-order valence-corrected chi connectivity index (χ0v) is 11.7.